The molecule has 1 amide bonds. The molecule has 1 unspecified atom stereocenters. The van der Waals surface area contributed by atoms with Crippen LogP contribution in [-0.4, -0.2) is 35.0 Å². The summed E-state index contributed by atoms with van der Waals surface area (Å²) >= 11 is 1.43. The summed E-state index contributed by atoms with van der Waals surface area (Å²) in [6.07, 6.45) is 3.98. The highest BCUT2D eigenvalue weighted by molar-refractivity contribution is 7.17. The minimum absolute atomic E-state index is 0.0522. The van der Waals surface area contributed by atoms with Crippen LogP contribution in [0.5, 0.6) is 0 Å². The van der Waals surface area contributed by atoms with Gasteiger partial charge in [-0.2, -0.15) is 0 Å². The first-order valence-electron chi connectivity index (χ1n) is 10.2. The smallest absolute Gasteiger partial charge is 0.270 e. The summed E-state index contributed by atoms with van der Waals surface area (Å²) in [5.41, 5.74) is 3.89. The number of rotatable bonds is 4. The molecule has 1 aromatic carbocycles. The van der Waals surface area contributed by atoms with Gasteiger partial charge in [0, 0.05) is 30.1 Å². The highest BCUT2D eigenvalue weighted by Gasteiger charge is 2.31. The lowest BCUT2D eigenvalue weighted by Gasteiger charge is -2.32. The fourth-order valence-electron chi connectivity index (χ4n) is 4.06. The SMILES string of the molecule is Cc1ccccc1-c1csc2c(=O)[nH]c(N3CCCC(C(=O)NC4CC4)C3)nc12. The Morgan fingerprint density at radius 2 is 2.07 bits per heavy atom. The zero-order chi connectivity index (χ0) is 20.0. The lowest BCUT2D eigenvalue weighted by molar-refractivity contribution is -0.125. The van der Waals surface area contributed by atoms with Crippen LogP contribution in [0.3, 0.4) is 0 Å². The number of amides is 1. The zero-order valence-corrected chi connectivity index (χ0v) is 17.2. The number of nitrogens with zero attached hydrogens (tertiary/aromatic N) is 2. The van der Waals surface area contributed by atoms with E-state index in [1.165, 1.54) is 11.3 Å². The average molecular weight is 409 g/mol. The fourth-order valence-corrected chi connectivity index (χ4v) is 4.96. The minimum atomic E-state index is -0.112. The molecule has 3 aromatic rings. The standard InChI is InChI=1S/C22H24N4O2S/c1-13-5-2-3-7-16(13)17-12-29-19-18(17)24-22(25-21(19)28)26-10-4-6-14(11-26)20(27)23-15-8-9-15/h2-3,5,7,12,14-15H,4,6,8-11H2,1H3,(H,23,27)(H,24,25,28). The van der Waals surface area contributed by atoms with Crippen LogP contribution in [0.2, 0.25) is 0 Å². The number of hydrogen-bond acceptors (Lipinski definition) is 5. The molecule has 0 radical (unpaired) electrons. The zero-order valence-electron chi connectivity index (χ0n) is 16.4. The molecule has 7 heteroatoms. The molecule has 1 aliphatic heterocycles. The Balaban J connectivity index is 1.48. The molecule has 2 N–H and O–H groups in total. The lowest BCUT2D eigenvalue weighted by Crippen LogP contribution is -2.44. The minimum Gasteiger partial charge on any atom is -0.353 e. The Labute approximate surface area is 173 Å². The number of benzene rings is 1. The van der Waals surface area contributed by atoms with Crippen molar-refractivity contribution in [3.8, 4) is 11.1 Å². The van der Waals surface area contributed by atoms with Crippen LogP contribution in [0.1, 0.15) is 31.2 Å². The number of nitrogens with one attached hydrogen (secondary N) is 2. The quantitative estimate of drug-likeness (QED) is 0.693. The Kier molecular flexibility index (Phi) is 4.62. The van der Waals surface area contributed by atoms with Crippen LogP contribution < -0.4 is 15.8 Å². The molecule has 6 nitrogen and oxygen atoms in total. The fraction of sp³-hybridized carbons (Fsp3) is 0.409. The second-order valence-electron chi connectivity index (χ2n) is 8.10. The maximum absolute atomic E-state index is 12.7. The van der Waals surface area contributed by atoms with E-state index >= 15 is 0 Å². The van der Waals surface area contributed by atoms with E-state index in [-0.39, 0.29) is 17.4 Å². The number of thiophene rings is 1. The number of hydrogen-bond donors (Lipinski definition) is 2. The first kappa shape index (κ1) is 18.4. The Bertz CT molecular complexity index is 1130. The van der Waals surface area contributed by atoms with E-state index in [1.54, 1.807) is 0 Å². The van der Waals surface area contributed by atoms with Crippen molar-refractivity contribution in [2.45, 2.75) is 38.6 Å². The number of piperidine rings is 1. The van der Waals surface area contributed by atoms with Crippen molar-refractivity contribution in [1.82, 2.24) is 15.3 Å². The monoisotopic (exact) mass is 408 g/mol. The van der Waals surface area contributed by atoms with Gasteiger partial charge in [-0.15, -0.1) is 11.3 Å². The predicted molar refractivity (Wildman–Crippen MR) is 117 cm³/mol. The molecule has 1 aliphatic carbocycles. The molecule has 0 spiro atoms. The third-order valence-corrected chi connectivity index (χ3v) is 6.83. The van der Waals surface area contributed by atoms with E-state index in [9.17, 15) is 9.59 Å². The van der Waals surface area contributed by atoms with Crippen LogP contribution in [0.25, 0.3) is 21.3 Å². The van der Waals surface area contributed by atoms with Crippen LogP contribution in [-0.2, 0) is 4.79 Å². The molecule has 2 fully saturated rings. The van der Waals surface area contributed by atoms with Crippen LogP contribution in [0.15, 0.2) is 34.4 Å². The van der Waals surface area contributed by atoms with Gasteiger partial charge in [-0.05, 0) is 43.7 Å². The number of aryl methyl sites for hydroxylation is 1. The summed E-state index contributed by atoms with van der Waals surface area (Å²) in [7, 11) is 0. The number of carbonyl (C=O) groups is 1. The largest absolute Gasteiger partial charge is 0.353 e. The Hall–Kier alpha value is -2.67. The predicted octanol–water partition coefficient (Wildman–Crippen LogP) is 3.46. The maximum atomic E-state index is 12.7. The van der Waals surface area contributed by atoms with Crippen molar-refractivity contribution in [3.05, 3.63) is 45.6 Å². The number of carbonyl (C=O) groups excluding carboxylic acids is 1. The van der Waals surface area contributed by atoms with Crippen molar-refractivity contribution in [3.63, 3.8) is 0 Å². The summed E-state index contributed by atoms with van der Waals surface area (Å²) in [5.74, 6) is 0.653. The topological polar surface area (TPSA) is 78.1 Å². The number of aromatic nitrogens is 2. The van der Waals surface area contributed by atoms with Gasteiger partial charge in [0.25, 0.3) is 5.56 Å². The Morgan fingerprint density at radius 3 is 2.86 bits per heavy atom. The van der Waals surface area contributed by atoms with Gasteiger partial charge in [-0.3, -0.25) is 14.6 Å². The first-order valence-corrected chi connectivity index (χ1v) is 11.1. The molecule has 1 atom stereocenters. The average Bonchev–Trinajstić information content (AvgIpc) is 3.44. The summed E-state index contributed by atoms with van der Waals surface area (Å²) in [5, 5.41) is 5.13. The molecule has 1 saturated heterocycles. The molecule has 0 bridgehead atoms. The van der Waals surface area contributed by atoms with Crippen molar-refractivity contribution >= 4 is 33.4 Å². The highest BCUT2D eigenvalue weighted by Crippen LogP contribution is 2.34. The summed E-state index contributed by atoms with van der Waals surface area (Å²) in [6, 6.07) is 8.53. The second kappa shape index (κ2) is 7.30. The van der Waals surface area contributed by atoms with Crippen molar-refractivity contribution < 1.29 is 4.79 Å². The number of anilines is 1. The van der Waals surface area contributed by atoms with E-state index < -0.39 is 0 Å². The summed E-state index contributed by atoms with van der Waals surface area (Å²) in [6.45, 7) is 3.46. The number of H-pyrrole nitrogens is 1. The van der Waals surface area contributed by atoms with Gasteiger partial charge in [-0.1, -0.05) is 24.3 Å². The molecule has 2 aliphatic rings. The molecule has 150 valence electrons. The van der Waals surface area contributed by atoms with E-state index in [1.807, 2.05) is 17.5 Å². The van der Waals surface area contributed by atoms with Crippen molar-refractivity contribution in [1.29, 1.82) is 0 Å². The van der Waals surface area contributed by atoms with E-state index in [0.717, 1.165) is 54.4 Å². The van der Waals surface area contributed by atoms with Gasteiger partial charge in [0.15, 0.2) is 0 Å². The van der Waals surface area contributed by atoms with Gasteiger partial charge in [0.2, 0.25) is 11.9 Å². The molecule has 3 heterocycles. The van der Waals surface area contributed by atoms with E-state index in [2.05, 4.69) is 34.3 Å². The first-order chi connectivity index (χ1) is 14.1. The molecule has 29 heavy (non-hydrogen) atoms. The molecule has 1 saturated carbocycles. The van der Waals surface area contributed by atoms with E-state index in [0.29, 0.717) is 23.2 Å². The number of aromatic amines is 1. The highest BCUT2D eigenvalue weighted by atomic mass is 32.1. The van der Waals surface area contributed by atoms with Crippen LogP contribution in [0.4, 0.5) is 5.95 Å². The second-order valence-corrected chi connectivity index (χ2v) is 8.98. The van der Waals surface area contributed by atoms with Gasteiger partial charge in [0.05, 0.1) is 11.4 Å². The van der Waals surface area contributed by atoms with E-state index in [4.69, 9.17) is 4.98 Å². The van der Waals surface area contributed by atoms with Crippen molar-refractivity contribution in [2.24, 2.45) is 5.92 Å². The van der Waals surface area contributed by atoms with Crippen molar-refractivity contribution in [2.75, 3.05) is 18.0 Å². The molecule has 2 aromatic heterocycles. The van der Waals surface area contributed by atoms with Crippen LogP contribution in [0, 0.1) is 12.8 Å². The molecular weight excluding hydrogens is 384 g/mol. The summed E-state index contributed by atoms with van der Waals surface area (Å²) in [4.78, 5) is 35.1. The van der Waals surface area contributed by atoms with Crippen LogP contribution >= 0.6 is 11.3 Å². The number of fused-ring (bicyclic) bond motifs is 1. The van der Waals surface area contributed by atoms with Gasteiger partial charge < -0.3 is 10.2 Å². The lowest BCUT2D eigenvalue weighted by atomic mass is 9.97. The van der Waals surface area contributed by atoms with Gasteiger partial charge >= 0.3 is 0 Å². The van der Waals surface area contributed by atoms with Gasteiger partial charge in [-0.25, -0.2) is 4.98 Å². The third-order valence-electron chi connectivity index (χ3n) is 5.86. The molecule has 5 rings (SSSR count). The Morgan fingerprint density at radius 1 is 1.24 bits per heavy atom. The van der Waals surface area contributed by atoms with Gasteiger partial charge in [0.1, 0.15) is 4.70 Å². The summed E-state index contributed by atoms with van der Waals surface area (Å²) < 4.78 is 0.645. The normalized spacial score (nSPS) is 19.5. The third kappa shape index (κ3) is 3.55. The maximum Gasteiger partial charge on any atom is 0.270 e. The molecular formula is C22H24N4O2S.